The lowest BCUT2D eigenvalue weighted by atomic mass is 10.2. The molecule has 2 N–H and O–H groups in total. The van der Waals surface area contributed by atoms with Gasteiger partial charge in [0.05, 0.1) is 4.90 Å². The van der Waals surface area contributed by atoms with E-state index in [1.54, 1.807) is 18.2 Å². The Kier molecular flexibility index (Phi) is 4.54. The van der Waals surface area contributed by atoms with Crippen molar-refractivity contribution in [2.45, 2.75) is 49.6 Å². The first-order chi connectivity index (χ1) is 10.0. The van der Waals surface area contributed by atoms with E-state index in [0.717, 1.165) is 12.0 Å². The second kappa shape index (κ2) is 6.24. The molecule has 0 aromatic heterocycles. The van der Waals surface area contributed by atoms with Crippen molar-refractivity contribution < 1.29 is 8.42 Å². The summed E-state index contributed by atoms with van der Waals surface area (Å²) in [5.41, 5.74) is 0.945. The van der Waals surface area contributed by atoms with Crippen LogP contribution in [0.1, 0.15) is 37.7 Å². The molecule has 0 atom stereocenters. The largest absolute Gasteiger partial charge is 0.310 e. The van der Waals surface area contributed by atoms with Crippen molar-refractivity contribution in [2.75, 3.05) is 6.54 Å². The van der Waals surface area contributed by atoms with Gasteiger partial charge in [0, 0.05) is 24.2 Å². The first-order valence-electron chi connectivity index (χ1n) is 7.56. The first-order valence-corrected chi connectivity index (χ1v) is 9.42. The number of hydrogen-bond donors (Lipinski definition) is 2. The van der Waals surface area contributed by atoms with Crippen LogP contribution in [0.25, 0.3) is 0 Å². The average molecular weight is 329 g/mol. The average Bonchev–Trinajstić information content (AvgIpc) is 3.31. The van der Waals surface area contributed by atoms with E-state index in [9.17, 15) is 8.42 Å². The SMILES string of the molecule is O=S(=O)(NCCC1CC1)c1ccc(CNC2CC2)c(Cl)c1. The highest BCUT2D eigenvalue weighted by atomic mass is 35.5. The molecule has 2 aliphatic carbocycles. The zero-order chi connectivity index (χ0) is 14.9. The molecular formula is C15H21ClN2O2S. The highest BCUT2D eigenvalue weighted by Gasteiger charge is 2.23. The smallest absolute Gasteiger partial charge is 0.240 e. The Morgan fingerprint density at radius 1 is 1.19 bits per heavy atom. The van der Waals surface area contributed by atoms with E-state index >= 15 is 0 Å². The lowest BCUT2D eigenvalue weighted by Gasteiger charge is -2.10. The molecule has 4 nitrogen and oxygen atoms in total. The molecule has 2 fully saturated rings. The van der Waals surface area contributed by atoms with Gasteiger partial charge >= 0.3 is 0 Å². The van der Waals surface area contributed by atoms with Crippen LogP contribution < -0.4 is 10.0 Å². The van der Waals surface area contributed by atoms with E-state index < -0.39 is 10.0 Å². The molecule has 116 valence electrons. The van der Waals surface area contributed by atoms with Gasteiger partial charge in [-0.25, -0.2) is 13.1 Å². The molecular weight excluding hydrogens is 308 g/mol. The van der Waals surface area contributed by atoms with E-state index in [1.165, 1.54) is 25.7 Å². The summed E-state index contributed by atoms with van der Waals surface area (Å²) in [6.45, 7) is 1.20. The molecule has 0 aliphatic heterocycles. The van der Waals surface area contributed by atoms with E-state index in [-0.39, 0.29) is 4.90 Å². The predicted octanol–water partition coefficient (Wildman–Crippen LogP) is 2.67. The Labute approximate surface area is 131 Å². The van der Waals surface area contributed by atoms with Crippen molar-refractivity contribution >= 4 is 21.6 Å². The number of halogens is 1. The summed E-state index contributed by atoms with van der Waals surface area (Å²) in [7, 11) is -3.44. The van der Waals surface area contributed by atoms with Gasteiger partial charge < -0.3 is 5.32 Å². The molecule has 3 rings (SSSR count). The van der Waals surface area contributed by atoms with Crippen molar-refractivity contribution in [3.8, 4) is 0 Å². The maximum absolute atomic E-state index is 12.2. The molecule has 0 unspecified atom stereocenters. The highest BCUT2D eigenvalue weighted by Crippen LogP contribution is 2.32. The van der Waals surface area contributed by atoms with E-state index in [0.29, 0.717) is 30.1 Å². The Balaban J connectivity index is 1.61. The lowest BCUT2D eigenvalue weighted by molar-refractivity contribution is 0.575. The normalized spacial score (nSPS) is 18.9. The summed E-state index contributed by atoms with van der Waals surface area (Å²) >= 11 is 6.20. The van der Waals surface area contributed by atoms with Crippen LogP contribution >= 0.6 is 11.6 Å². The standard InChI is InChI=1S/C15H21ClN2O2S/c16-15-9-14(6-3-12(15)10-17-13-4-5-13)21(19,20)18-8-7-11-1-2-11/h3,6,9,11,13,17-18H,1-2,4-5,7-8,10H2. The predicted molar refractivity (Wildman–Crippen MR) is 83.8 cm³/mol. The molecule has 0 saturated heterocycles. The zero-order valence-corrected chi connectivity index (χ0v) is 13.5. The highest BCUT2D eigenvalue weighted by molar-refractivity contribution is 7.89. The third kappa shape index (κ3) is 4.42. The monoisotopic (exact) mass is 328 g/mol. The fourth-order valence-corrected chi connectivity index (χ4v) is 3.65. The van der Waals surface area contributed by atoms with E-state index in [1.807, 2.05) is 0 Å². The molecule has 0 heterocycles. The molecule has 0 spiro atoms. The van der Waals surface area contributed by atoms with Crippen molar-refractivity contribution in [3.05, 3.63) is 28.8 Å². The minimum atomic E-state index is -3.44. The second-order valence-electron chi connectivity index (χ2n) is 6.04. The van der Waals surface area contributed by atoms with Gasteiger partial charge in [-0.3, -0.25) is 0 Å². The summed E-state index contributed by atoms with van der Waals surface area (Å²) in [4.78, 5) is 0.249. The van der Waals surface area contributed by atoms with Crippen LogP contribution in [0.2, 0.25) is 5.02 Å². The van der Waals surface area contributed by atoms with Crippen LogP contribution in [0.5, 0.6) is 0 Å². The van der Waals surface area contributed by atoms with Gasteiger partial charge in [-0.05, 0) is 42.9 Å². The Hall–Kier alpha value is -0.620. The van der Waals surface area contributed by atoms with Gasteiger partial charge in [0.1, 0.15) is 0 Å². The zero-order valence-electron chi connectivity index (χ0n) is 11.9. The minimum absolute atomic E-state index is 0.249. The molecule has 0 radical (unpaired) electrons. The third-order valence-electron chi connectivity index (χ3n) is 4.03. The fraction of sp³-hybridized carbons (Fsp3) is 0.600. The lowest BCUT2D eigenvalue weighted by Crippen LogP contribution is -2.25. The molecule has 0 amide bonds. The number of nitrogens with one attached hydrogen (secondary N) is 2. The van der Waals surface area contributed by atoms with Gasteiger partial charge in [0.15, 0.2) is 0 Å². The molecule has 2 saturated carbocycles. The van der Waals surface area contributed by atoms with Crippen LogP contribution in [-0.4, -0.2) is 21.0 Å². The first kappa shape index (κ1) is 15.3. The van der Waals surface area contributed by atoms with Crippen molar-refractivity contribution in [1.29, 1.82) is 0 Å². The number of rotatable bonds is 8. The second-order valence-corrected chi connectivity index (χ2v) is 8.21. The van der Waals surface area contributed by atoms with E-state index in [4.69, 9.17) is 11.6 Å². The van der Waals surface area contributed by atoms with Gasteiger partial charge in [-0.1, -0.05) is 30.5 Å². The van der Waals surface area contributed by atoms with Gasteiger partial charge in [-0.15, -0.1) is 0 Å². The maximum atomic E-state index is 12.2. The van der Waals surface area contributed by atoms with Crippen molar-refractivity contribution in [2.24, 2.45) is 5.92 Å². The van der Waals surface area contributed by atoms with Gasteiger partial charge in [-0.2, -0.15) is 0 Å². The quantitative estimate of drug-likeness (QED) is 0.771. The topological polar surface area (TPSA) is 58.2 Å². The summed E-state index contributed by atoms with van der Waals surface area (Å²) in [5.74, 6) is 0.715. The minimum Gasteiger partial charge on any atom is -0.310 e. The van der Waals surface area contributed by atoms with Crippen molar-refractivity contribution in [1.82, 2.24) is 10.0 Å². The number of sulfonamides is 1. The molecule has 21 heavy (non-hydrogen) atoms. The summed E-state index contributed by atoms with van der Waals surface area (Å²) in [5, 5.41) is 3.88. The van der Waals surface area contributed by atoms with Crippen molar-refractivity contribution in [3.63, 3.8) is 0 Å². The molecule has 0 bridgehead atoms. The Morgan fingerprint density at radius 2 is 1.95 bits per heavy atom. The van der Waals surface area contributed by atoms with Crippen LogP contribution in [0.3, 0.4) is 0 Å². The van der Waals surface area contributed by atoms with Crippen LogP contribution in [0.4, 0.5) is 0 Å². The Bertz CT molecular complexity index is 610. The Morgan fingerprint density at radius 3 is 2.57 bits per heavy atom. The van der Waals surface area contributed by atoms with Crippen LogP contribution in [0, 0.1) is 5.92 Å². The van der Waals surface area contributed by atoms with E-state index in [2.05, 4.69) is 10.0 Å². The van der Waals surface area contributed by atoms with Gasteiger partial charge in [0.25, 0.3) is 0 Å². The molecule has 1 aromatic rings. The number of benzene rings is 1. The summed E-state index contributed by atoms with van der Waals surface area (Å²) in [6, 6.07) is 5.58. The van der Waals surface area contributed by atoms with Crippen LogP contribution in [0.15, 0.2) is 23.1 Å². The third-order valence-corrected chi connectivity index (χ3v) is 5.85. The maximum Gasteiger partial charge on any atom is 0.240 e. The number of hydrogen-bond acceptors (Lipinski definition) is 3. The summed E-state index contributed by atoms with van der Waals surface area (Å²) in [6.07, 6.45) is 5.83. The fourth-order valence-electron chi connectivity index (χ4n) is 2.27. The van der Waals surface area contributed by atoms with Crippen LogP contribution in [-0.2, 0) is 16.6 Å². The summed E-state index contributed by atoms with van der Waals surface area (Å²) < 4.78 is 27.0. The molecule has 6 heteroatoms. The molecule has 2 aliphatic rings. The van der Waals surface area contributed by atoms with Gasteiger partial charge in [0.2, 0.25) is 10.0 Å². The molecule has 1 aromatic carbocycles.